The van der Waals surface area contributed by atoms with Crippen molar-refractivity contribution >= 4 is 0 Å². The van der Waals surface area contributed by atoms with Crippen LogP contribution >= 0.6 is 0 Å². The first kappa shape index (κ1) is 13.2. The molecule has 1 atom stereocenters. The van der Waals surface area contributed by atoms with Crippen LogP contribution in [0.1, 0.15) is 42.5 Å². The third kappa shape index (κ3) is 4.33. The summed E-state index contributed by atoms with van der Waals surface area (Å²) >= 11 is 0. The second-order valence-corrected chi connectivity index (χ2v) is 4.53. The minimum Gasteiger partial charge on any atom is -0.396 e. The number of benzene rings is 1. The summed E-state index contributed by atoms with van der Waals surface area (Å²) in [6.07, 6.45) is 1.91. The predicted octanol–water partition coefficient (Wildman–Crippen LogP) is 2.73. The topological polar surface area (TPSA) is 32.3 Å². The molecule has 0 spiro atoms. The van der Waals surface area contributed by atoms with Crippen molar-refractivity contribution in [1.29, 1.82) is 0 Å². The molecular weight excluding hydrogens is 198 g/mol. The molecule has 1 aromatic carbocycles. The van der Waals surface area contributed by atoms with Crippen molar-refractivity contribution in [3.63, 3.8) is 0 Å². The Morgan fingerprint density at radius 1 is 1.12 bits per heavy atom. The molecule has 1 rings (SSSR count). The molecule has 0 aromatic heterocycles. The summed E-state index contributed by atoms with van der Waals surface area (Å²) in [5, 5.41) is 12.2. The van der Waals surface area contributed by atoms with Crippen molar-refractivity contribution in [2.75, 3.05) is 13.2 Å². The molecule has 2 N–H and O–H groups in total. The summed E-state index contributed by atoms with van der Waals surface area (Å²) in [7, 11) is 0. The number of hydrogen-bond donors (Lipinski definition) is 2. The van der Waals surface area contributed by atoms with Gasteiger partial charge in [-0.2, -0.15) is 0 Å². The highest BCUT2D eigenvalue weighted by molar-refractivity contribution is 5.30. The first-order valence-electron chi connectivity index (χ1n) is 6.06. The largest absolute Gasteiger partial charge is 0.396 e. The zero-order valence-corrected chi connectivity index (χ0v) is 10.6. The van der Waals surface area contributed by atoms with Crippen molar-refractivity contribution in [3.8, 4) is 0 Å². The first-order chi connectivity index (χ1) is 7.63. The first-order valence-corrected chi connectivity index (χ1v) is 6.06. The quantitative estimate of drug-likeness (QED) is 0.724. The second-order valence-electron chi connectivity index (χ2n) is 4.53. The van der Waals surface area contributed by atoms with E-state index in [1.54, 1.807) is 0 Å². The average Bonchev–Trinajstić information content (AvgIpc) is 2.22. The highest BCUT2D eigenvalue weighted by Gasteiger charge is 2.05. The third-order valence-electron chi connectivity index (χ3n) is 2.78. The van der Waals surface area contributed by atoms with Gasteiger partial charge in [-0.25, -0.2) is 0 Å². The van der Waals surface area contributed by atoms with Crippen molar-refractivity contribution in [1.82, 2.24) is 5.32 Å². The van der Waals surface area contributed by atoms with Gasteiger partial charge in [-0.1, -0.05) is 29.3 Å². The van der Waals surface area contributed by atoms with Gasteiger partial charge in [-0.05, 0) is 45.7 Å². The fourth-order valence-electron chi connectivity index (χ4n) is 1.93. The van der Waals surface area contributed by atoms with Crippen LogP contribution in [0.15, 0.2) is 18.2 Å². The molecular formula is C14H23NO. The maximum atomic E-state index is 8.69. The lowest BCUT2D eigenvalue weighted by atomic mass is 10.0. The third-order valence-corrected chi connectivity index (χ3v) is 2.78. The molecule has 0 aliphatic heterocycles. The summed E-state index contributed by atoms with van der Waals surface area (Å²) in [6.45, 7) is 7.71. The smallest absolute Gasteiger partial charge is 0.0431 e. The van der Waals surface area contributed by atoms with Gasteiger partial charge >= 0.3 is 0 Å². The fraction of sp³-hybridized carbons (Fsp3) is 0.571. The van der Waals surface area contributed by atoms with Gasteiger partial charge in [0, 0.05) is 12.6 Å². The maximum Gasteiger partial charge on any atom is 0.0431 e. The van der Waals surface area contributed by atoms with E-state index >= 15 is 0 Å². The molecule has 1 unspecified atom stereocenters. The number of nitrogens with one attached hydrogen (secondary N) is 1. The van der Waals surface area contributed by atoms with E-state index in [1.165, 1.54) is 16.7 Å². The van der Waals surface area contributed by atoms with Crippen LogP contribution in [-0.2, 0) is 0 Å². The number of hydrogen-bond acceptors (Lipinski definition) is 2. The molecule has 0 heterocycles. The maximum absolute atomic E-state index is 8.69. The Labute approximate surface area is 98.7 Å². The Bertz CT molecular complexity index is 302. The molecule has 0 aliphatic rings. The van der Waals surface area contributed by atoms with Gasteiger partial charge in [0.15, 0.2) is 0 Å². The van der Waals surface area contributed by atoms with E-state index in [-0.39, 0.29) is 0 Å². The van der Waals surface area contributed by atoms with Crippen LogP contribution in [0.3, 0.4) is 0 Å². The lowest BCUT2D eigenvalue weighted by molar-refractivity contribution is 0.283. The number of unbranched alkanes of at least 4 members (excludes halogenated alkanes) is 1. The predicted molar refractivity (Wildman–Crippen MR) is 68.7 cm³/mol. The fourth-order valence-corrected chi connectivity index (χ4v) is 1.93. The highest BCUT2D eigenvalue weighted by Crippen LogP contribution is 2.16. The van der Waals surface area contributed by atoms with Crippen LogP contribution < -0.4 is 5.32 Å². The van der Waals surface area contributed by atoms with Crippen LogP contribution in [-0.4, -0.2) is 18.3 Å². The molecule has 0 fully saturated rings. The van der Waals surface area contributed by atoms with E-state index in [2.05, 4.69) is 44.3 Å². The van der Waals surface area contributed by atoms with Crippen molar-refractivity contribution in [2.24, 2.45) is 0 Å². The zero-order chi connectivity index (χ0) is 12.0. The van der Waals surface area contributed by atoms with E-state index in [9.17, 15) is 0 Å². The summed E-state index contributed by atoms with van der Waals surface area (Å²) < 4.78 is 0. The molecule has 0 amide bonds. The van der Waals surface area contributed by atoms with Crippen LogP contribution in [0.25, 0.3) is 0 Å². The highest BCUT2D eigenvalue weighted by atomic mass is 16.2. The minimum absolute atomic E-state index is 0.291. The molecule has 90 valence electrons. The van der Waals surface area contributed by atoms with Crippen LogP contribution in [0.2, 0.25) is 0 Å². The van der Waals surface area contributed by atoms with E-state index in [0.29, 0.717) is 12.6 Å². The molecule has 0 saturated carbocycles. The average molecular weight is 221 g/mol. The normalized spacial score (nSPS) is 12.8. The molecule has 2 nitrogen and oxygen atoms in total. The van der Waals surface area contributed by atoms with E-state index in [1.807, 2.05) is 0 Å². The molecule has 0 saturated heterocycles. The lowest BCUT2D eigenvalue weighted by Crippen LogP contribution is -2.20. The summed E-state index contributed by atoms with van der Waals surface area (Å²) in [5.41, 5.74) is 3.99. The van der Waals surface area contributed by atoms with Gasteiger partial charge in [0.2, 0.25) is 0 Å². The second kappa shape index (κ2) is 6.66. The van der Waals surface area contributed by atoms with E-state index in [0.717, 1.165) is 19.4 Å². The Morgan fingerprint density at radius 3 is 2.31 bits per heavy atom. The molecule has 0 radical (unpaired) electrons. The number of rotatable bonds is 6. The molecule has 1 aromatic rings. The minimum atomic E-state index is 0.291. The molecule has 0 bridgehead atoms. The van der Waals surface area contributed by atoms with Crippen molar-refractivity contribution in [2.45, 2.75) is 39.7 Å². The summed E-state index contributed by atoms with van der Waals surface area (Å²) in [5.74, 6) is 0. The SMILES string of the molecule is Cc1cc(C)cc(C(C)NCCCCO)c1. The monoisotopic (exact) mass is 221 g/mol. The van der Waals surface area contributed by atoms with Crippen LogP contribution in [0.5, 0.6) is 0 Å². The Morgan fingerprint density at radius 2 is 1.75 bits per heavy atom. The zero-order valence-electron chi connectivity index (χ0n) is 10.6. The van der Waals surface area contributed by atoms with Gasteiger partial charge in [0.05, 0.1) is 0 Å². The van der Waals surface area contributed by atoms with Gasteiger partial charge < -0.3 is 10.4 Å². The van der Waals surface area contributed by atoms with Crippen LogP contribution in [0.4, 0.5) is 0 Å². The van der Waals surface area contributed by atoms with E-state index < -0.39 is 0 Å². The van der Waals surface area contributed by atoms with Crippen molar-refractivity contribution in [3.05, 3.63) is 34.9 Å². The summed E-state index contributed by atoms with van der Waals surface area (Å²) in [4.78, 5) is 0. The van der Waals surface area contributed by atoms with Gasteiger partial charge in [-0.3, -0.25) is 0 Å². The molecule has 0 aliphatic carbocycles. The lowest BCUT2D eigenvalue weighted by Gasteiger charge is -2.15. The standard InChI is InChI=1S/C14H23NO/c1-11-8-12(2)10-14(9-11)13(3)15-6-4-5-7-16/h8-10,13,15-16H,4-7H2,1-3H3. The van der Waals surface area contributed by atoms with Gasteiger partial charge in [0.1, 0.15) is 0 Å². The molecule has 2 heteroatoms. The van der Waals surface area contributed by atoms with Crippen molar-refractivity contribution < 1.29 is 5.11 Å². The van der Waals surface area contributed by atoms with Gasteiger partial charge in [-0.15, -0.1) is 0 Å². The summed E-state index contributed by atoms with van der Waals surface area (Å²) in [6, 6.07) is 7.05. The Balaban J connectivity index is 2.48. The Kier molecular flexibility index (Phi) is 5.50. The number of aliphatic hydroxyl groups is 1. The van der Waals surface area contributed by atoms with Crippen LogP contribution in [0, 0.1) is 13.8 Å². The van der Waals surface area contributed by atoms with Gasteiger partial charge in [0.25, 0.3) is 0 Å². The Hall–Kier alpha value is -0.860. The number of aliphatic hydroxyl groups excluding tert-OH is 1. The van der Waals surface area contributed by atoms with E-state index in [4.69, 9.17) is 5.11 Å². The molecule has 16 heavy (non-hydrogen) atoms. The number of aryl methyl sites for hydroxylation is 2.